The molecular weight excluding hydrogens is 104 g/mol. The molecule has 0 saturated heterocycles. The molecule has 0 bridgehead atoms. The van der Waals surface area contributed by atoms with Crippen molar-refractivity contribution in [3.63, 3.8) is 0 Å². The Hall–Kier alpha value is -0.500. The smallest absolute Gasteiger partial charge is 0.119 e. The van der Waals surface area contributed by atoms with Gasteiger partial charge in [-0.15, -0.1) is 0 Å². The van der Waals surface area contributed by atoms with Crippen LogP contribution in [0.5, 0.6) is 0 Å². The van der Waals surface area contributed by atoms with Crippen LogP contribution in [0.1, 0.15) is 13.8 Å². The summed E-state index contributed by atoms with van der Waals surface area (Å²) in [5, 5.41) is 17.3. The van der Waals surface area contributed by atoms with E-state index in [4.69, 9.17) is 10.2 Å². The molecule has 0 heterocycles. The third kappa shape index (κ3) is 1.98. The molecule has 0 amide bonds. The van der Waals surface area contributed by atoms with Gasteiger partial charge in [0.2, 0.25) is 0 Å². The maximum Gasteiger partial charge on any atom is 0.119 e. The molecule has 0 fully saturated rings. The molecule has 1 unspecified atom stereocenters. The van der Waals surface area contributed by atoms with Crippen molar-refractivity contribution in [3.8, 4) is 0 Å². The standard InChI is InChI=1S/C6H11O2/c1-4(2)6(8)5(3)7/h5,7-8H,3H2,1-2H3. The summed E-state index contributed by atoms with van der Waals surface area (Å²) in [6, 6.07) is 0. The Morgan fingerprint density at radius 3 is 1.88 bits per heavy atom. The normalized spacial score (nSPS) is 13.0. The summed E-state index contributed by atoms with van der Waals surface area (Å²) in [5.74, 6) is -0.0370. The van der Waals surface area contributed by atoms with Gasteiger partial charge in [-0.1, -0.05) is 0 Å². The first-order valence-electron chi connectivity index (χ1n) is 2.43. The fourth-order valence-electron chi connectivity index (χ4n) is 0.333. The lowest BCUT2D eigenvalue weighted by molar-refractivity contribution is 0.188. The van der Waals surface area contributed by atoms with Gasteiger partial charge in [0.25, 0.3) is 0 Å². The molecule has 0 aromatic heterocycles. The van der Waals surface area contributed by atoms with Crippen molar-refractivity contribution in [2.45, 2.75) is 20.0 Å². The van der Waals surface area contributed by atoms with E-state index in [9.17, 15) is 0 Å². The zero-order valence-electron chi connectivity index (χ0n) is 5.18. The minimum Gasteiger partial charge on any atom is -0.510 e. The van der Waals surface area contributed by atoms with E-state index in [0.29, 0.717) is 5.57 Å². The lowest BCUT2D eigenvalue weighted by Gasteiger charge is -2.02. The Morgan fingerprint density at radius 2 is 1.88 bits per heavy atom. The number of rotatable bonds is 1. The summed E-state index contributed by atoms with van der Waals surface area (Å²) < 4.78 is 0. The molecule has 1 atom stereocenters. The van der Waals surface area contributed by atoms with Gasteiger partial charge in [-0.3, -0.25) is 0 Å². The van der Waals surface area contributed by atoms with Crippen molar-refractivity contribution < 1.29 is 10.2 Å². The molecule has 0 aliphatic rings. The molecule has 2 heteroatoms. The van der Waals surface area contributed by atoms with Crippen molar-refractivity contribution in [1.82, 2.24) is 0 Å². The van der Waals surface area contributed by atoms with Crippen LogP contribution in [0.15, 0.2) is 11.3 Å². The summed E-state index contributed by atoms with van der Waals surface area (Å²) in [6.07, 6.45) is -0.972. The minimum absolute atomic E-state index is 0.0370. The third-order valence-corrected chi connectivity index (χ3v) is 0.828. The predicted octanol–water partition coefficient (Wildman–Crippen LogP) is 1.03. The van der Waals surface area contributed by atoms with E-state index in [1.807, 2.05) is 0 Å². The number of hydrogen-bond donors (Lipinski definition) is 2. The SMILES string of the molecule is [CH2]C(O)C(O)=C(C)C. The van der Waals surface area contributed by atoms with E-state index in [-0.39, 0.29) is 5.76 Å². The molecule has 0 saturated carbocycles. The molecule has 0 aromatic carbocycles. The van der Waals surface area contributed by atoms with Crippen molar-refractivity contribution in [2.75, 3.05) is 0 Å². The van der Waals surface area contributed by atoms with Crippen LogP contribution < -0.4 is 0 Å². The Labute approximate surface area is 49.5 Å². The average Bonchev–Trinajstić information content (AvgIpc) is 1.64. The maximum atomic E-state index is 8.77. The molecule has 0 aliphatic heterocycles. The quantitative estimate of drug-likeness (QED) is 0.501. The molecule has 1 radical (unpaired) electrons. The maximum absolute atomic E-state index is 8.77. The van der Waals surface area contributed by atoms with Crippen molar-refractivity contribution in [2.24, 2.45) is 0 Å². The summed E-state index contributed by atoms with van der Waals surface area (Å²) in [4.78, 5) is 0. The molecule has 2 nitrogen and oxygen atoms in total. The molecular formula is C6H11O2. The van der Waals surface area contributed by atoms with Crippen LogP contribution in [-0.2, 0) is 0 Å². The summed E-state index contributed by atoms with van der Waals surface area (Å²) in [6.45, 7) is 6.63. The van der Waals surface area contributed by atoms with Gasteiger partial charge in [0, 0.05) is 0 Å². The predicted molar refractivity (Wildman–Crippen MR) is 32.4 cm³/mol. The van der Waals surface area contributed by atoms with Crippen LogP contribution in [0.4, 0.5) is 0 Å². The van der Waals surface area contributed by atoms with Crippen LogP contribution in [0.25, 0.3) is 0 Å². The van der Waals surface area contributed by atoms with Crippen LogP contribution in [0.2, 0.25) is 0 Å². The van der Waals surface area contributed by atoms with Gasteiger partial charge in [-0.05, 0) is 26.3 Å². The highest BCUT2D eigenvalue weighted by molar-refractivity contribution is 5.06. The molecule has 0 aliphatic carbocycles. The Kier molecular flexibility index (Phi) is 2.55. The van der Waals surface area contributed by atoms with Crippen molar-refractivity contribution in [3.05, 3.63) is 18.3 Å². The van der Waals surface area contributed by atoms with Crippen LogP contribution >= 0.6 is 0 Å². The lowest BCUT2D eigenvalue weighted by Crippen LogP contribution is -2.05. The highest BCUT2D eigenvalue weighted by Crippen LogP contribution is 2.02. The molecule has 8 heavy (non-hydrogen) atoms. The van der Waals surface area contributed by atoms with Crippen LogP contribution in [0.3, 0.4) is 0 Å². The van der Waals surface area contributed by atoms with Crippen molar-refractivity contribution in [1.29, 1.82) is 0 Å². The number of allylic oxidation sites excluding steroid dienone is 1. The second kappa shape index (κ2) is 2.72. The first-order chi connectivity index (χ1) is 3.55. The van der Waals surface area contributed by atoms with Gasteiger partial charge in [-0.2, -0.15) is 0 Å². The van der Waals surface area contributed by atoms with E-state index in [0.717, 1.165) is 0 Å². The monoisotopic (exact) mass is 115 g/mol. The van der Waals surface area contributed by atoms with Gasteiger partial charge in [0.1, 0.15) is 11.9 Å². The highest BCUT2D eigenvalue weighted by Gasteiger charge is 2.01. The van der Waals surface area contributed by atoms with Gasteiger partial charge in [0.15, 0.2) is 0 Å². The largest absolute Gasteiger partial charge is 0.510 e. The molecule has 0 rings (SSSR count). The average molecular weight is 115 g/mol. The summed E-state index contributed by atoms with van der Waals surface area (Å²) in [7, 11) is 0. The molecule has 0 spiro atoms. The highest BCUT2D eigenvalue weighted by atomic mass is 16.3. The Bertz CT molecular complexity index is 99.1. The molecule has 0 aromatic rings. The van der Waals surface area contributed by atoms with Crippen LogP contribution in [0, 0.1) is 6.92 Å². The lowest BCUT2D eigenvalue weighted by atomic mass is 10.2. The second-order valence-electron chi connectivity index (χ2n) is 1.90. The van der Waals surface area contributed by atoms with Gasteiger partial charge < -0.3 is 10.2 Å². The fraction of sp³-hybridized carbons (Fsp3) is 0.500. The Balaban J connectivity index is 4.00. The summed E-state index contributed by atoms with van der Waals surface area (Å²) >= 11 is 0. The first kappa shape index (κ1) is 7.50. The van der Waals surface area contributed by atoms with Gasteiger partial charge in [0.05, 0.1) is 0 Å². The van der Waals surface area contributed by atoms with Gasteiger partial charge in [-0.25, -0.2) is 0 Å². The molecule has 2 N–H and O–H groups in total. The summed E-state index contributed by atoms with van der Waals surface area (Å²) in [5.41, 5.74) is 0.701. The Morgan fingerprint density at radius 1 is 1.50 bits per heavy atom. The minimum atomic E-state index is -0.972. The van der Waals surface area contributed by atoms with Gasteiger partial charge >= 0.3 is 0 Å². The first-order valence-corrected chi connectivity index (χ1v) is 2.43. The topological polar surface area (TPSA) is 40.5 Å². The number of aliphatic hydroxyl groups excluding tert-OH is 2. The van der Waals surface area contributed by atoms with E-state index < -0.39 is 6.10 Å². The van der Waals surface area contributed by atoms with Crippen molar-refractivity contribution >= 4 is 0 Å². The van der Waals surface area contributed by atoms with Crippen LogP contribution in [-0.4, -0.2) is 16.3 Å². The number of hydrogen-bond acceptors (Lipinski definition) is 2. The fourth-order valence-corrected chi connectivity index (χ4v) is 0.333. The van der Waals surface area contributed by atoms with E-state index >= 15 is 0 Å². The van der Waals surface area contributed by atoms with E-state index in [1.165, 1.54) is 0 Å². The third-order valence-electron chi connectivity index (χ3n) is 0.828. The zero-order chi connectivity index (χ0) is 6.73. The van der Waals surface area contributed by atoms with E-state index in [2.05, 4.69) is 6.92 Å². The van der Waals surface area contributed by atoms with E-state index in [1.54, 1.807) is 13.8 Å². The molecule has 47 valence electrons. The number of aliphatic hydroxyl groups is 2. The second-order valence-corrected chi connectivity index (χ2v) is 1.90. The zero-order valence-corrected chi connectivity index (χ0v) is 5.18.